The van der Waals surface area contributed by atoms with Crippen molar-refractivity contribution >= 4 is 61.5 Å². The van der Waals surface area contributed by atoms with Crippen molar-refractivity contribution in [3.05, 3.63) is 275 Å². The van der Waals surface area contributed by atoms with Gasteiger partial charge >= 0.3 is 0 Å². The van der Waals surface area contributed by atoms with Crippen LogP contribution in [0.3, 0.4) is 0 Å². The highest BCUT2D eigenvalue weighted by molar-refractivity contribution is 5.84. The number of allylic oxidation sites excluding steroid dienone is 2. The summed E-state index contributed by atoms with van der Waals surface area (Å²) in [6, 6.07) is 58.9. The van der Waals surface area contributed by atoms with Crippen molar-refractivity contribution in [2.75, 3.05) is 28.2 Å². The number of H-pyrrole nitrogens is 2. The highest BCUT2D eigenvalue weighted by Crippen LogP contribution is 2.42. The van der Waals surface area contributed by atoms with E-state index in [2.05, 4.69) is 210 Å². The summed E-state index contributed by atoms with van der Waals surface area (Å²) in [6.45, 7) is 2.06. The number of hydrogen-bond donors (Lipinski definition) is 4. The molecule has 6 aromatic carbocycles. The lowest BCUT2D eigenvalue weighted by Crippen LogP contribution is -2.15. The fourth-order valence-electron chi connectivity index (χ4n) is 13.0. The quantitative estimate of drug-likeness (QED) is 0.0763. The molecule has 0 amide bonds. The summed E-state index contributed by atoms with van der Waals surface area (Å²) in [5.41, 5.74) is 26.4. The molecular weight excluding hydrogens is 1020 g/mol. The minimum atomic E-state index is -0.406. The van der Waals surface area contributed by atoms with Crippen LogP contribution in [0.2, 0.25) is 0 Å². The van der Waals surface area contributed by atoms with Crippen LogP contribution < -0.4 is 15.1 Å². The molecule has 0 radical (unpaired) electrons. The van der Waals surface area contributed by atoms with Gasteiger partial charge in [0, 0.05) is 118 Å². The Hall–Kier alpha value is -9.05. The van der Waals surface area contributed by atoms with E-state index in [0.29, 0.717) is 0 Å². The second-order valence-electron chi connectivity index (χ2n) is 22.6. The lowest BCUT2D eigenvalue weighted by atomic mass is 9.98. The summed E-state index contributed by atoms with van der Waals surface area (Å²) < 4.78 is 0. The molecule has 5 aromatic heterocycles. The van der Waals surface area contributed by atoms with E-state index in [-0.39, 0.29) is 0 Å². The van der Waals surface area contributed by atoms with Crippen LogP contribution in [0.1, 0.15) is 99.5 Å². The Balaban J connectivity index is 0.000000117. The molecule has 9 heteroatoms. The number of aryl methyl sites for hydroxylation is 5. The molecule has 1 unspecified atom stereocenters. The number of aliphatic hydroxyl groups excluding tert-OH is 1. The molecule has 7 heterocycles. The van der Waals surface area contributed by atoms with Crippen molar-refractivity contribution < 1.29 is 5.11 Å². The fraction of sp³-hybridized carbons (Fsp3) is 0.230. The molecule has 2 aliphatic heterocycles. The molecule has 0 fully saturated rings. The van der Waals surface area contributed by atoms with Gasteiger partial charge in [0.15, 0.2) is 0 Å². The lowest BCUT2D eigenvalue weighted by molar-refractivity contribution is 0.176. The van der Waals surface area contributed by atoms with Crippen molar-refractivity contribution in [1.29, 1.82) is 0 Å². The Morgan fingerprint density at radius 3 is 1.75 bits per heavy atom. The highest BCUT2D eigenvalue weighted by atomic mass is 16.3. The van der Waals surface area contributed by atoms with Gasteiger partial charge in [-0.25, -0.2) is 0 Å². The Labute approximate surface area is 487 Å². The summed E-state index contributed by atoms with van der Waals surface area (Å²) in [5.74, 6) is 0. The summed E-state index contributed by atoms with van der Waals surface area (Å²) >= 11 is 0. The van der Waals surface area contributed by atoms with Crippen LogP contribution in [0.4, 0.5) is 34.1 Å². The van der Waals surface area contributed by atoms with Crippen molar-refractivity contribution in [2.24, 2.45) is 0 Å². The molecule has 9 nitrogen and oxygen atoms in total. The highest BCUT2D eigenvalue weighted by Gasteiger charge is 2.29. The molecule has 83 heavy (non-hydrogen) atoms. The normalized spacial score (nSPS) is 14.6. The number of nitrogens with one attached hydrogen (secondary N) is 3. The number of pyridine rings is 3. The predicted octanol–water partition coefficient (Wildman–Crippen LogP) is 16.6. The van der Waals surface area contributed by atoms with Crippen LogP contribution in [-0.4, -0.2) is 43.1 Å². The van der Waals surface area contributed by atoms with Crippen LogP contribution in [-0.2, 0) is 57.8 Å². The Morgan fingerprint density at radius 1 is 0.494 bits per heavy atom. The van der Waals surface area contributed by atoms with Gasteiger partial charge in [-0.1, -0.05) is 103 Å². The topological polar surface area (TPSA) is 109 Å². The summed E-state index contributed by atoms with van der Waals surface area (Å²) in [4.78, 5) is 24.2. The van der Waals surface area contributed by atoms with Gasteiger partial charge in [0.2, 0.25) is 0 Å². The van der Waals surface area contributed by atoms with Gasteiger partial charge in [0.05, 0.1) is 11.8 Å². The van der Waals surface area contributed by atoms with E-state index in [0.717, 1.165) is 107 Å². The van der Waals surface area contributed by atoms with Gasteiger partial charge < -0.3 is 30.2 Å². The van der Waals surface area contributed by atoms with Crippen molar-refractivity contribution in [3.63, 3.8) is 0 Å². The minimum absolute atomic E-state index is 0.406. The standard InChI is InChI=1S/C27H27N3O.C25H24N2.C22H21N3/c31-26-11-9-22-25(12-14-28-27(22)26)30-15-13-19-16-18(8-10-24(19)30)4-3-5-20-17-29-23-7-2-1-6-21(20)23;1-2-7-24-20(5-1)9-10-21(24)6-3-4-19-8-11-25-22(18-19)14-17-27(25)23-12-15-26-16-13-23;1-2-7-22-21(6-1)18(16-24-22)5-3-4-17-8-10-19(11-9-17)25-20-12-14-23-15-13-20/h1-2,6-8,10,12,14,16-17,26,29,31H,3-5,9,11,13,15H2;1-2,5,7-8,10-13,15-16,18H,3-4,6,9,14,17H2;1-2,6-16,24H,3-5H2,(H,23,25). The van der Waals surface area contributed by atoms with E-state index in [1.165, 1.54) is 119 Å². The first-order valence-corrected chi connectivity index (χ1v) is 30.0. The van der Waals surface area contributed by atoms with Crippen molar-refractivity contribution in [1.82, 2.24) is 24.9 Å². The first-order valence-electron chi connectivity index (χ1n) is 30.0. The van der Waals surface area contributed by atoms with E-state index in [1.54, 1.807) is 12.4 Å². The van der Waals surface area contributed by atoms with Gasteiger partial charge in [0.25, 0.3) is 0 Å². The molecular formula is C74H72N8O. The Morgan fingerprint density at radius 2 is 1.06 bits per heavy atom. The van der Waals surface area contributed by atoms with Crippen LogP contribution in [0.25, 0.3) is 27.4 Å². The predicted molar refractivity (Wildman–Crippen MR) is 342 cm³/mol. The number of hydrogen-bond acceptors (Lipinski definition) is 7. The number of benzene rings is 6. The number of para-hydroxylation sites is 2. The molecule has 0 saturated heterocycles. The SMILES string of the molecule is C1=C(CCCc2ccc3c(c2)CCN3c2ccncc2)c2ccccc2C1.OC1CCc2c(N3CCc4cc(CCCc5c[nH]c6ccccc56)ccc43)ccnc21.c1ccc2c(CCCc3ccc(Nc4ccncc4)cc3)c[nH]c2c1. The monoisotopic (exact) mass is 1090 g/mol. The first-order chi connectivity index (χ1) is 41.0. The molecule has 4 N–H and O–H groups in total. The Kier molecular flexibility index (Phi) is 16.0. The second-order valence-corrected chi connectivity index (χ2v) is 22.6. The van der Waals surface area contributed by atoms with Crippen LogP contribution in [0.5, 0.6) is 0 Å². The van der Waals surface area contributed by atoms with Gasteiger partial charge in [0.1, 0.15) is 0 Å². The minimum Gasteiger partial charge on any atom is -0.387 e. The molecule has 1 atom stereocenters. The largest absolute Gasteiger partial charge is 0.387 e. The zero-order valence-electron chi connectivity index (χ0n) is 47.3. The van der Waals surface area contributed by atoms with E-state index in [1.807, 2.05) is 30.7 Å². The zero-order chi connectivity index (χ0) is 55.7. The fourth-order valence-corrected chi connectivity index (χ4v) is 13.0. The van der Waals surface area contributed by atoms with Gasteiger partial charge in [-0.15, -0.1) is 0 Å². The lowest BCUT2D eigenvalue weighted by Gasteiger charge is -2.22. The molecule has 2 aliphatic carbocycles. The summed E-state index contributed by atoms with van der Waals surface area (Å²) in [7, 11) is 0. The van der Waals surface area contributed by atoms with Gasteiger partial charge in [-0.2, -0.15) is 0 Å². The number of aromatic nitrogens is 5. The molecule has 414 valence electrons. The first kappa shape index (κ1) is 53.3. The van der Waals surface area contributed by atoms with Crippen LogP contribution in [0, 0.1) is 0 Å². The Bertz CT molecular complexity index is 4010. The van der Waals surface area contributed by atoms with E-state index in [4.69, 9.17) is 0 Å². The third-order valence-electron chi connectivity index (χ3n) is 17.3. The zero-order valence-corrected chi connectivity index (χ0v) is 47.3. The van der Waals surface area contributed by atoms with Crippen LogP contribution in [0.15, 0.2) is 213 Å². The van der Waals surface area contributed by atoms with Crippen molar-refractivity contribution in [3.8, 4) is 0 Å². The van der Waals surface area contributed by atoms with Gasteiger partial charge in [-0.05, 0) is 212 Å². The number of nitrogens with zero attached hydrogens (tertiary/aromatic N) is 5. The number of aliphatic hydroxyl groups is 1. The average Bonchev–Trinajstić information content (AvgIpc) is 4.61. The number of rotatable bonds is 16. The van der Waals surface area contributed by atoms with Crippen molar-refractivity contribution in [2.45, 2.75) is 96.0 Å². The molecule has 0 bridgehead atoms. The van der Waals surface area contributed by atoms with E-state index < -0.39 is 6.10 Å². The maximum Gasteiger partial charge on any atom is 0.0966 e. The third kappa shape index (κ3) is 12.1. The maximum atomic E-state index is 10.2. The van der Waals surface area contributed by atoms with E-state index >= 15 is 0 Å². The smallest absolute Gasteiger partial charge is 0.0966 e. The molecule has 4 aliphatic rings. The molecule has 11 aromatic rings. The van der Waals surface area contributed by atoms with Crippen LogP contribution >= 0.6 is 0 Å². The van der Waals surface area contributed by atoms with E-state index in [9.17, 15) is 5.11 Å². The second kappa shape index (κ2) is 25.0. The molecule has 0 saturated carbocycles. The molecule has 0 spiro atoms. The maximum absolute atomic E-state index is 10.2. The number of anilines is 6. The summed E-state index contributed by atoms with van der Waals surface area (Å²) in [5, 5.41) is 16.3. The van der Waals surface area contributed by atoms with Gasteiger partial charge in [-0.3, -0.25) is 15.0 Å². The third-order valence-corrected chi connectivity index (χ3v) is 17.3. The number of aromatic amines is 2. The summed E-state index contributed by atoms with van der Waals surface area (Å²) in [6.07, 6.45) is 30.7. The average molecular weight is 1090 g/mol. The number of fused-ring (bicyclic) bond motifs is 6. The molecule has 15 rings (SSSR count).